The fourth-order valence-electron chi connectivity index (χ4n) is 2.88. The third-order valence-corrected chi connectivity index (χ3v) is 6.09. The molecule has 3 aromatic carbocycles. The predicted octanol–water partition coefficient (Wildman–Crippen LogP) is 7.23. The van der Waals surface area contributed by atoms with Crippen LogP contribution in [0.4, 0.5) is 5.69 Å². The number of anilines is 1. The van der Waals surface area contributed by atoms with Crippen molar-refractivity contribution in [1.82, 2.24) is 0 Å². The maximum Gasteiger partial charge on any atom is 0.266 e. The lowest BCUT2D eigenvalue weighted by atomic mass is 10.1. The summed E-state index contributed by atoms with van der Waals surface area (Å²) in [5, 5.41) is 12.6. The van der Waals surface area contributed by atoms with E-state index in [-0.39, 0.29) is 5.57 Å². The molecule has 3 aromatic rings. The first kappa shape index (κ1) is 25.1. The molecule has 0 atom stereocenters. The number of nitrogens with zero attached hydrogens (tertiary/aromatic N) is 1. The molecule has 0 saturated heterocycles. The van der Waals surface area contributed by atoms with Crippen LogP contribution in [0.15, 0.2) is 70.7 Å². The largest absolute Gasteiger partial charge is 0.490 e. The zero-order chi connectivity index (χ0) is 23.8. The summed E-state index contributed by atoms with van der Waals surface area (Å²) in [4.78, 5) is 12.6. The summed E-state index contributed by atoms with van der Waals surface area (Å²) < 4.78 is 13.6. The number of para-hydroxylation sites is 1. The van der Waals surface area contributed by atoms with Crippen LogP contribution in [0.3, 0.4) is 0 Å². The van der Waals surface area contributed by atoms with Gasteiger partial charge >= 0.3 is 0 Å². The average molecular weight is 638 g/mol. The molecule has 1 N–H and O–H groups in total. The number of hydrogen-bond donors (Lipinski definition) is 1. The van der Waals surface area contributed by atoms with Crippen molar-refractivity contribution in [3.8, 4) is 17.6 Å². The fourth-order valence-corrected chi connectivity index (χ4v) is 4.11. The second-order valence-corrected chi connectivity index (χ2v) is 9.27. The van der Waals surface area contributed by atoms with Crippen molar-refractivity contribution in [1.29, 1.82) is 5.26 Å². The minimum atomic E-state index is -0.547. The Labute approximate surface area is 219 Å². The number of halogens is 3. The number of ether oxygens (including phenoxy) is 2. The molecular weight excluding hydrogens is 619 g/mol. The number of benzene rings is 3. The number of carbonyl (C=O) groups excluding carboxylic acids is 1. The standard InChI is InChI=1S/C25H19BrClIN2O3/c1-2-32-23-13-17(11-18(14-29)25(31)30-22-6-4-3-5-20(22)27)12-21(28)24(23)33-15-16-7-9-19(26)10-8-16/h3-13H,2,15H2,1H3,(H,30,31)/b18-11+. The van der Waals surface area contributed by atoms with Crippen LogP contribution in [0.25, 0.3) is 6.08 Å². The van der Waals surface area contributed by atoms with Gasteiger partial charge in [-0.15, -0.1) is 0 Å². The van der Waals surface area contributed by atoms with E-state index in [0.717, 1.165) is 13.6 Å². The lowest BCUT2D eigenvalue weighted by Gasteiger charge is -2.15. The zero-order valence-electron chi connectivity index (χ0n) is 17.6. The van der Waals surface area contributed by atoms with E-state index in [0.29, 0.717) is 41.0 Å². The van der Waals surface area contributed by atoms with E-state index >= 15 is 0 Å². The smallest absolute Gasteiger partial charge is 0.266 e. The molecule has 0 aliphatic carbocycles. The maximum absolute atomic E-state index is 12.6. The third-order valence-electron chi connectivity index (χ3n) is 4.43. The number of nitrogens with one attached hydrogen (secondary N) is 1. The Morgan fingerprint density at radius 2 is 1.91 bits per heavy atom. The van der Waals surface area contributed by atoms with Crippen LogP contribution in [-0.2, 0) is 11.4 Å². The number of hydrogen-bond acceptors (Lipinski definition) is 4. The molecule has 0 heterocycles. The van der Waals surface area contributed by atoms with Gasteiger partial charge < -0.3 is 14.8 Å². The zero-order valence-corrected chi connectivity index (χ0v) is 22.1. The monoisotopic (exact) mass is 636 g/mol. The van der Waals surface area contributed by atoms with Gasteiger partial charge in [0.15, 0.2) is 11.5 Å². The van der Waals surface area contributed by atoms with Crippen molar-refractivity contribution >= 4 is 67.8 Å². The van der Waals surface area contributed by atoms with E-state index in [1.165, 1.54) is 6.08 Å². The molecule has 5 nitrogen and oxygen atoms in total. The summed E-state index contributed by atoms with van der Waals surface area (Å²) in [6, 6.07) is 20.3. The highest BCUT2D eigenvalue weighted by Gasteiger charge is 2.15. The molecular formula is C25H19BrClIN2O3. The van der Waals surface area contributed by atoms with Crippen molar-refractivity contribution in [2.24, 2.45) is 0 Å². The van der Waals surface area contributed by atoms with Crippen molar-refractivity contribution in [3.63, 3.8) is 0 Å². The summed E-state index contributed by atoms with van der Waals surface area (Å²) in [5.41, 5.74) is 2.04. The van der Waals surface area contributed by atoms with Gasteiger partial charge in [0.05, 0.1) is 20.9 Å². The van der Waals surface area contributed by atoms with E-state index in [2.05, 4.69) is 43.8 Å². The molecule has 0 saturated carbocycles. The second kappa shape index (κ2) is 12.1. The Kier molecular flexibility index (Phi) is 9.18. The molecule has 0 aliphatic heterocycles. The first-order valence-corrected chi connectivity index (χ1v) is 12.2. The number of nitriles is 1. The molecule has 0 bridgehead atoms. The van der Waals surface area contributed by atoms with Crippen LogP contribution in [0.1, 0.15) is 18.1 Å². The average Bonchev–Trinajstić information content (AvgIpc) is 2.79. The van der Waals surface area contributed by atoms with Gasteiger partial charge in [-0.05, 0) is 83.1 Å². The summed E-state index contributed by atoms with van der Waals surface area (Å²) in [5.74, 6) is 0.599. The first-order valence-electron chi connectivity index (χ1n) is 9.92. The van der Waals surface area contributed by atoms with E-state index in [1.807, 2.05) is 43.3 Å². The van der Waals surface area contributed by atoms with Gasteiger partial charge in [-0.3, -0.25) is 4.79 Å². The van der Waals surface area contributed by atoms with Crippen molar-refractivity contribution in [2.45, 2.75) is 13.5 Å². The normalized spacial score (nSPS) is 10.9. The SMILES string of the molecule is CCOc1cc(/C=C(\C#N)C(=O)Nc2ccccc2Cl)cc(I)c1OCc1ccc(Br)cc1. The summed E-state index contributed by atoms with van der Waals surface area (Å²) in [6.45, 7) is 2.70. The quantitative estimate of drug-likeness (QED) is 0.161. The third kappa shape index (κ3) is 6.97. The fraction of sp³-hybridized carbons (Fsp3) is 0.120. The van der Waals surface area contributed by atoms with Crippen molar-refractivity contribution in [3.05, 3.63) is 90.4 Å². The highest BCUT2D eigenvalue weighted by molar-refractivity contribution is 14.1. The van der Waals surface area contributed by atoms with Gasteiger partial charge in [0.2, 0.25) is 0 Å². The first-order chi connectivity index (χ1) is 15.9. The molecule has 3 rings (SSSR count). The molecule has 0 aromatic heterocycles. The Hall–Kier alpha value is -2.54. The van der Waals surface area contributed by atoms with Gasteiger partial charge in [-0.1, -0.05) is 51.8 Å². The van der Waals surface area contributed by atoms with E-state index < -0.39 is 5.91 Å². The highest BCUT2D eigenvalue weighted by Crippen LogP contribution is 2.35. The van der Waals surface area contributed by atoms with E-state index in [4.69, 9.17) is 21.1 Å². The lowest BCUT2D eigenvalue weighted by Crippen LogP contribution is -2.13. The van der Waals surface area contributed by atoms with Gasteiger partial charge in [-0.25, -0.2) is 0 Å². The molecule has 1 amide bonds. The van der Waals surface area contributed by atoms with Crippen LogP contribution >= 0.6 is 50.1 Å². The number of carbonyl (C=O) groups is 1. The molecule has 0 aliphatic rings. The van der Waals surface area contributed by atoms with Crippen LogP contribution in [-0.4, -0.2) is 12.5 Å². The summed E-state index contributed by atoms with van der Waals surface area (Å²) in [7, 11) is 0. The topological polar surface area (TPSA) is 71.3 Å². The number of rotatable bonds is 8. The minimum Gasteiger partial charge on any atom is -0.490 e. The molecule has 0 fully saturated rings. The summed E-state index contributed by atoms with van der Waals surface area (Å²) in [6.07, 6.45) is 1.51. The minimum absolute atomic E-state index is 0.0586. The summed E-state index contributed by atoms with van der Waals surface area (Å²) >= 11 is 11.7. The van der Waals surface area contributed by atoms with E-state index in [9.17, 15) is 10.1 Å². The molecule has 168 valence electrons. The second-order valence-electron chi connectivity index (χ2n) is 6.78. The van der Waals surface area contributed by atoms with Crippen LogP contribution in [0, 0.1) is 14.9 Å². The van der Waals surface area contributed by atoms with Gasteiger partial charge in [0.25, 0.3) is 5.91 Å². The maximum atomic E-state index is 12.6. The molecule has 0 radical (unpaired) electrons. The predicted molar refractivity (Wildman–Crippen MR) is 142 cm³/mol. The molecule has 0 spiro atoms. The van der Waals surface area contributed by atoms with Crippen LogP contribution in [0.5, 0.6) is 11.5 Å². The van der Waals surface area contributed by atoms with E-state index in [1.54, 1.807) is 30.3 Å². The Bertz CT molecular complexity index is 1220. The number of amides is 1. The van der Waals surface area contributed by atoms with Gasteiger partial charge in [0.1, 0.15) is 18.2 Å². The van der Waals surface area contributed by atoms with Gasteiger partial charge in [-0.2, -0.15) is 5.26 Å². The lowest BCUT2D eigenvalue weighted by molar-refractivity contribution is -0.112. The van der Waals surface area contributed by atoms with Gasteiger partial charge in [0, 0.05) is 4.47 Å². The Morgan fingerprint density at radius 1 is 1.18 bits per heavy atom. The molecule has 8 heteroatoms. The molecule has 33 heavy (non-hydrogen) atoms. The van der Waals surface area contributed by atoms with Crippen molar-refractivity contribution in [2.75, 3.05) is 11.9 Å². The molecule has 0 unspecified atom stereocenters. The Balaban J connectivity index is 1.85. The van der Waals surface area contributed by atoms with Crippen LogP contribution in [0.2, 0.25) is 5.02 Å². The highest BCUT2D eigenvalue weighted by atomic mass is 127. The van der Waals surface area contributed by atoms with Crippen LogP contribution < -0.4 is 14.8 Å². The Morgan fingerprint density at radius 3 is 2.58 bits per heavy atom. The van der Waals surface area contributed by atoms with Crippen molar-refractivity contribution < 1.29 is 14.3 Å².